The van der Waals surface area contributed by atoms with Gasteiger partial charge in [-0.3, -0.25) is 0 Å². The first kappa shape index (κ1) is 13.7. The summed E-state index contributed by atoms with van der Waals surface area (Å²) in [5, 5.41) is 3.69. The second-order valence-corrected chi connectivity index (χ2v) is 7.20. The third kappa shape index (κ3) is 2.87. The third-order valence-corrected chi connectivity index (χ3v) is 5.81. The predicted molar refractivity (Wildman–Crippen MR) is 83.1 cm³/mol. The van der Waals surface area contributed by atoms with Gasteiger partial charge in [-0.05, 0) is 42.7 Å². The molecule has 2 atom stereocenters. The predicted octanol–water partition coefficient (Wildman–Crippen LogP) is 2.56. The van der Waals surface area contributed by atoms with Gasteiger partial charge in [0.05, 0.1) is 5.60 Å². The van der Waals surface area contributed by atoms with E-state index in [2.05, 4.69) is 17.4 Å². The van der Waals surface area contributed by atoms with Crippen molar-refractivity contribution in [2.24, 2.45) is 0 Å². The molecule has 1 aromatic rings. The van der Waals surface area contributed by atoms with Crippen LogP contribution in [0, 0.1) is 0 Å². The summed E-state index contributed by atoms with van der Waals surface area (Å²) < 4.78 is 16.9. The average molecular weight is 307 g/mol. The van der Waals surface area contributed by atoms with Crippen LogP contribution in [0.4, 0.5) is 0 Å². The molecule has 2 saturated heterocycles. The maximum absolute atomic E-state index is 6.07. The van der Waals surface area contributed by atoms with Crippen molar-refractivity contribution in [1.29, 1.82) is 0 Å². The van der Waals surface area contributed by atoms with Gasteiger partial charge in [0.2, 0.25) is 6.79 Å². The summed E-state index contributed by atoms with van der Waals surface area (Å²) in [5.74, 6) is 4.13. The Morgan fingerprint density at radius 2 is 2.24 bits per heavy atom. The van der Waals surface area contributed by atoms with E-state index in [-0.39, 0.29) is 5.60 Å². The maximum Gasteiger partial charge on any atom is 0.231 e. The molecule has 1 aromatic carbocycles. The molecule has 0 aliphatic carbocycles. The topological polar surface area (TPSA) is 39.7 Å². The summed E-state index contributed by atoms with van der Waals surface area (Å²) in [6, 6.07) is 6.75. The number of benzene rings is 1. The second kappa shape index (κ2) is 5.71. The van der Waals surface area contributed by atoms with Gasteiger partial charge in [0.15, 0.2) is 11.5 Å². The lowest BCUT2D eigenvalue weighted by atomic mass is 9.90. The first-order valence-corrected chi connectivity index (χ1v) is 8.82. The Labute approximate surface area is 129 Å². The van der Waals surface area contributed by atoms with Crippen LogP contribution in [0.2, 0.25) is 0 Å². The third-order valence-electron chi connectivity index (χ3n) is 4.59. The fraction of sp³-hybridized carbons (Fsp3) is 0.625. The van der Waals surface area contributed by atoms with Gasteiger partial charge in [0.1, 0.15) is 0 Å². The Morgan fingerprint density at radius 3 is 3.14 bits per heavy atom. The maximum atomic E-state index is 6.07. The minimum absolute atomic E-state index is 0.148. The molecule has 0 radical (unpaired) electrons. The Bertz CT molecular complexity index is 516. The number of rotatable bonds is 3. The van der Waals surface area contributed by atoms with E-state index in [0.29, 0.717) is 12.8 Å². The highest BCUT2D eigenvalue weighted by molar-refractivity contribution is 7.99. The molecule has 3 aliphatic rings. The van der Waals surface area contributed by atoms with Crippen LogP contribution in [0.25, 0.3) is 0 Å². The van der Waals surface area contributed by atoms with Crippen LogP contribution in [-0.2, 0) is 11.3 Å². The van der Waals surface area contributed by atoms with Crippen molar-refractivity contribution in [2.75, 3.05) is 24.9 Å². The molecule has 114 valence electrons. The molecule has 3 aliphatic heterocycles. The lowest BCUT2D eigenvalue weighted by Gasteiger charge is -2.38. The first-order valence-electron chi connectivity index (χ1n) is 7.67. The number of hydrogen-bond acceptors (Lipinski definition) is 5. The molecule has 2 unspecified atom stereocenters. The molecule has 0 saturated carbocycles. The van der Waals surface area contributed by atoms with Gasteiger partial charge >= 0.3 is 0 Å². The molecule has 1 N–H and O–H groups in total. The van der Waals surface area contributed by atoms with Crippen molar-refractivity contribution in [3.8, 4) is 11.5 Å². The van der Waals surface area contributed by atoms with Gasteiger partial charge in [0.25, 0.3) is 0 Å². The molecule has 4 rings (SSSR count). The van der Waals surface area contributed by atoms with Crippen molar-refractivity contribution < 1.29 is 14.2 Å². The lowest BCUT2D eigenvalue weighted by molar-refractivity contribution is -0.0703. The highest BCUT2D eigenvalue weighted by atomic mass is 32.2. The van der Waals surface area contributed by atoms with E-state index >= 15 is 0 Å². The normalized spacial score (nSPS) is 31.0. The van der Waals surface area contributed by atoms with Gasteiger partial charge in [0, 0.05) is 24.9 Å². The number of thioether (sulfide) groups is 1. The van der Waals surface area contributed by atoms with Crippen LogP contribution in [0.15, 0.2) is 18.2 Å². The van der Waals surface area contributed by atoms with Crippen LogP contribution >= 0.6 is 11.8 Å². The van der Waals surface area contributed by atoms with Crippen molar-refractivity contribution in [2.45, 2.75) is 37.5 Å². The van der Waals surface area contributed by atoms with Crippen LogP contribution in [0.1, 0.15) is 24.8 Å². The second-order valence-electron chi connectivity index (χ2n) is 6.09. The van der Waals surface area contributed by atoms with Gasteiger partial charge in [-0.15, -0.1) is 0 Å². The van der Waals surface area contributed by atoms with Crippen molar-refractivity contribution >= 4 is 11.8 Å². The summed E-state index contributed by atoms with van der Waals surface area (Å²) in [6.45, 7) is 2.11. The van der Waals surface area contributed by atoms with Crippen LogP contribution in [0.3, 0.4) is 0 Å². The minimum Gasteiger partial charge on any atom is -0.454 e. The van der Waals surface area contributed by atoms with Crippen LogP contribution in [-0.4, -0.2) is 36.5 Å². The van der Waals surface area contributed by atoms with E-state index in [4.69, 9.17) is 14.2 Å². The van der Waals surface area contributed by atoms with E-state index in [1.54, 1.807) is 0 Å². The van der Waals surface area contributed by atoms with Gasteiger partial charge in [-0.25, -0.2) is 0 Å². The molecular weight excluding hydrogens is 286 g/mol. The summed E-state index contributed by atoms with van der Waals surface area (Å²) >= 11 is 2.03. The quantitative estimate of drug-likeness (QED) is 0.929. The van der Waals surface area contributed by atoms with Crippen LogP contribution < -0.4 is 14.8 Å². The summed E-state index contributed by atoms with van der Waals surface area (Å²) in [6.07, 6.45) is 3.46. The molecule has 0 aromatic heterocycles. The Hall–Kier alpha value is -0.910. The van der Waals surface area contributed by atoms with Crippen molar-refractivity contribution in [1.82, 2.24) is 5.32 Å². The molecule has 0 amide bonds. The van der Waals surface area contributed by atoms with Gasteiger partial charge in [-0.2, -0.15) is 11.8 Å². The molecule has 1 spiro atoms. The minimum atomic E-state index is 0.148. The number of hydrogen-bond donors (Lipinski definition) is 1. The largest absolute Gasteiger partial charge is 0.454 e. The van der Waals surface area contributed by atoms with Gasteiger partial charge < -0.3 is 19.5 Å². The van der Waals surface area contributed by atoms with Crippen molar-refractivity contribution in [3.05, 3.63) is 23.8 Å². The van der Waals surface area contributed by atoms with Crippen molar-refractivity contribution in [3.63, 3.8) is 0 Å². The molecule has 21 heavy (non-hydrogen) atoms. The zero-order valence-electron chi connectivity index (χ0n) is 12.1. The lowest BCUT2D eigenvalue weighted by Crippen LogP contribution is -2.47. The molecule has 5 heteroatoms. The van der Waals surface area contributed by atoms with E-state index in [9.17, 15) is 0 Å². The monoisotopic (exact) mass is 307 g/mol. The van der Waals surface area contributed by atoms with Gasteiger partial charge in [-0.1, -0.05) is 6.07 Å². The van der Waals surface area contributed by atoms with Crippen LogP contribution in [0.5, 0.6) is 11.5 Å². The highest BCUT2D eigenvalue weighted by Crippen LogP contribution is 2.38. The molecule has 0 bridgehead atoms. The van der Waals surface area contributed by atoms with E-state index in [1.165, 1.54) is 17.7 Å². The summed E-state index contributed by atoms with van der Waals surface area (Å²) in [4.78, 5) is 0. The van der Waals surface area contributed by atoms with E-state index < -0.39 is 0 Å². The fourth-order valence-corrected chi connectivity index (χ4v) is 4.76. The molecule has 2 fully saturated rings. The highest BCUT2D eigenvalue weighted by Gasteiger charge is 2.40. The number of fused-ring (bicyclic) bond motifs is 1. The zero-order valence-corrected chi connectivity index (χ0v) is 12.9. The molecular formula is C16H21NO3S. The summed E-state index contributed by atoms with van der Waals surface area (Å²) in [7, 11) is 0. The first-order chi connectivity index (χ1) is 10.3. The number of nitrogens with one attached hydrogen (secondary N) is 1. The number of ether oxygens (including phenoxy) is 3. The zero-order chi connectivity index (χ0) is 14.1. The Balaban J connectivity index is 1.36. The summed E-state index contributed by atoms with van der Waals surface area (Å²) in [5.41, 5.74) is 1.40. The SMILES string of the molecule is c1cc2c(cc1CNC1CCOC3(CCSC3)C1)OCO2. The fourth-order valence-electron chi connectivity index (χ4n) is 3.38. The van der Waals surface area contributed by atoms with E-state index in [1.807, 2.05) is 17.8 Å². The van der Waals surface area contributed by atoms with E-state index in [0.717, 1.165) is 43.2 Å². The average Bonchev–Trinajstić information content (AvgIpc) is 3.14. The molecule has 4 nitrogen and oxygen atoms in total. The standard InChI is InChI=1S/C16H21NO3S/c1-2-14-15(19-11-18-14)7-12(1)9-17-13-3-5-20-16(8-13)4-6-21-10-16/h1-2,7,13,17H,3-6,8-11H2. The molecule has 3 heterocycles. The smallest absolute Gasteiger partial charge is 0.231 e. The Morgan fingerprint density at radius 1 is 1.29 bits per heavy atom. The Kier molecular flexibility index (Phi) is 3.73.